The summed E-state index contributed by atoms with van der Waals surface area (Å²) in [5.41, 5.74) is 1.14. The van der Waals surface area contributed by atoms with Gasteiger partial charge in [-0.15, -0.1) is 0 Å². The highest BCUT2D eigenvalue weighted by Crippen LogP contribution is 2.03. The van der Waals surface area contributed by atoms with Gasteiger partial charge in [0.05, 0.1) is 25.7 Å². The lowest BCUT2D eigenvalue weighted by Gasteiger charge is -2.10. The Kier molecular flexibility index (Phi) is 6.81. The van der Waals surface area contributed by atoms with E-state index < -0.39 is 0 Å². The second-order valence-corrected chi connectivity index (χ2v) is 3.97. The molecule has 0 aliphatic heterocycles. The minimum atomic E-state index is -0.211. The van der Waals surface area contributed by atoms with Gasteiger partial charge in [-0.1, -0.05) is 42.5 Å². The van der Waals surface area contributed by atoms with Crippen LogP contribution in [0.1, 0.15) is 25.8 Å². The Morgan fingerprint density at radius 1 is 1.33 bits per heavy atom. The van der Waals surface area contributed by atoms with Gasteiger partial charge < -0.3 is 9.47 Å². The van der Waals surface area contributed by atoms with E-state index in [1.807, 2.05) is 49.4 Å². The Hall–Kier alpha value is -1.61. The molecule has 0 aromatic heterocycles. The van der Waals surface area contributed by atoms with E-state index in [0.717, 1.165) is 5.56 Å². The van der Waals surface area contributed by atoms with Gasteiger partial charge in [0.15, 0.2) is 0 Å². The molecule has 3 nitrogen and oxygen atoms in total. The molecule has 98 valence electrons. The summed E-state index contributed by atoms with van der Waals surface area (Å²) >= 11 is 0. The monoisotopic (exact) mass is 248 g/mol. The molecule has 1 atom stereocenters. The summed E-state index contributed by atoms with van der Waals surface area (Å²) in [5, 5.41) is 0. The van der Waals surface area contributed by atoms with E-state index in [1.165, 1.54) is 0 Å². The number of ether oxygens (including phenoxy) is 2. The van der Waals surface area contributed by atoms with Crippen molar-refractivity contribution >= 4 is 12.0 Å². The quantitative estimate of drug-likeness (QED) is 0.696. The van der Waals surface area contributed by atoms with Crippen molar-refractivity contribution in [1.82, 2.24) is 0 Å². The van der Waals surface area contributed by atoms with Gasteiger partial charge in [0.2, 0.25) is 0 Å². The molecule has 0 aliphatic carbocycles. The largest absolute Gasteiger partial charge is 0.466 e. The van der Waals surface area contributed by atoms with Gasteiger partial charge >= 0.3 is 5.97 Å². The first kappa shape index (κ1) is 14.5. The van der Waals surface area contributed by atoms with E-state index in [9.17, 15) is 4.79 Å². The van der Waals surface area contributed by atoms with Crippen LogP contribution in [0.15, 0.2) is 36.4 Å². The standard InChI is InChI=1S/C15H20O3/c1-3-17-15(16)12-13(2)18-11-7-10-14-8-5-4-6-9-14/h4-10,13H,3,11-12H2,1-2H3. The zero-order chi connectivity index (χ0) is 13.2. The molecule has 0 spiro atoms. The third kappa shape index (κ3) is 6.21. The summed E-state index contributed by atoms with van der Waals surface area (Å²) in [5.74, 6) is -0.211. The highest BCUT2D eigenvalue weighted by molar-refractivity contribution is 5.69. The lowest BCUT2D eigenvalue weighted by molar-refractivity contribution is -0.145. The normalized spacial score (nSPS) is 12.6. The molecule has 0 amide bonds. The van der Waals surface area contributed by atoms with E-state index >= 15 is 0 Å². The minimum Gasteiger partial charge on any atom is -0.466 e. The SMILES string of the molecule is CCOC(=O)CC(C)OCC=Cc1ccccc1. The van der Waals surface area contributed by atoms with Gasteiger partial charge in [-0.2, -0.15) is 0 Å². The number of carbonyl (C=O) groups excluding carboxylic acids is 1. The van der Waals surface area contributed by atoms with Gasteiger partial charge in [-0.3, -0.25) is 4.79 Å². The zero-order valence-corrected chi connectivity index (χ0v) is 11.0. The van der Waals surface area contributed by atoms with E-state index in [4.69, 9.17) is 9.47 Å². The predicted octanol–water partition coefficient (Wildman–Crippen LogP) is 3.06. The van der Waals surface area contributed by atoms with E-state index in [1.54, 1.807) is 6.92 Å². The van der Waals surface area contributed by atoms with Crippen molar-refractivity contribution in [3.63, 3.8) is 0 Å². The molecule has 0 bridgehead atoms. The van der Waals surface area contributed by atoms with Crippen LogP contribution in [0.4, 0.5) is 0 Å². The molecule has 0 fully saturated rings. The van der Waals surface area contributed by atoms with E-state index in [2.05, 4.69) is 0 Å². The number of rotatable bonds is 7. The number of esters is 1. The van der Waals surface area contributed by atoms with Crippen molar-refractivity contribution in [2.24, 2.45) is 0 Å². The van der Waals surface area contributed by atoms with Crippen LogP contribution in [-0.2, 0) is 14.3 Å². The van der Waals surface area contributed by atoms with Crippen molar-refractivity contribution < 1.29 is 14.3 Å². The van der Waals surface area contributed by atoms with Crippen molar-refractivity contribution in [3.05, 3.63) is 42.0 Å². The summed E-state index contributed by atoms with van der Waals surface area (Å²) < 4.78 is 10.3. The first-order valence-electron chi connectivity index (χ1n) is 6.21. The maximum atomic E-state index is 11.2. The van der Waals surface area contributed by atoms with Crippen LogP contribution in [0, 0.1) is 0 Å². The molecule has 18 heavy (non-hydrogen) atoms. The third-order valence-electron chi connectivity index (χ3n) is 2.35. The zero-order valence-electron chi connectivity index (χ0n) is 11.0. The molecule has 3 heteroatoms. The van der Waals surface area contributed by atoms with Crippen molar-refractivity contribution in [3.8, 4) is 0 Å². The summed E-state index contributed by atoms with van der Waals surface area (Å²) in [4.78, 5) is 11.2. The minimum absolute atomic E-state index is 0.121. The highest BCUT2D eigenvalue weighted by Gasteiger charge is 2.08. The van der Waals surface area contributed by atoms with Gasteiger partial charge in [-0.05, 0) is 19.4 Å². The van der Waals surface area contributed by atoms with Crippen molar-refractivity contribution in [1.29, 1.82) is 0 Å². The number of benzene rings is 1. The first-order valence-corrected chi connectivity index (χ1v) is 6.21. The van der Waals surface area contributed by atoms with Crippen molar-refractivity contribution in [2.75, 3.05) is 13.2 Å². The fourth-order valence-electron chi connectivity index (χ4n) is 1.48. The predicted molar refractivity (Wildman–Crippen MR) is 72.1 cm³/mol. The van der Waals surface area contributed by atoms with Crippen LogP contribution in [-0.4, -0.2) is 25.3 Å². The molecule has 0 saturated heterocycles. The number of carbonyl (C=O) groups is 1. The van der Waals surface area contributed by atoms with Gasteiger partial charge in [0.1, 0.15) is 0 Å². The summed E-state index contributed by atoms with van der Waals surface area (Å²) in [6, 6.07) is 10.0. The van der Waals surface area contributed by atoms with E-state index in [0.29, 0.717) is 19.6 Å². The maximum absolute atomic E-state index is 11.2. The van der Waals surface area contributed by atoms with Gasteiger partial charge in [0.25, 0.3) is 0 Å². The molecule has 1 aromatic rings. The molecule has 0 heterocycles. The summed E-state index contributed by atoms with van der Waals surface area (Å²) in [6.07, 6.45) is 4.12. The van der Waals surface area contributed by atoms with Crippen LogP contribution < -0.4 is 0 Å². The number of hydrogen-bond donors (Lipinski definition) is 0. The third-order valence-corrected chi connectivity index (χ3v) is 2.35. The molecule has 1 aromatic carbocycles. The Morgan fingerprint density at radius 2 is 2.06 bits per heavy atom. The van der Waals surface area contributed by atoms with Crippen LogP contribution in [0.25, 0.3) is 6.08 Å². The fraction of sp³-hybridized carbons (Fsp3) is 0.400. The molecule has 1 rings (SSSR count). The maximum Gasteiger partial charge on any atom is 0.308 e. The molecule has 0 radical (unpaired) electrons. The lowest BCUT2D eigenvalue weighted by atomic mass is 10.2. The van der Waals surface area contributed by atoms with Crippen LogP contribution in [0.3, 0.4) is 0 Å². The topological polar surface area (TPSA) is 35.5 Å². The molecular weight excluding hydrogens is 228 g/mol. The molecule has 0 N–H and O–H groups in total. The Morgan fingerprint density at radius 3 is 2.72 bits per heavy atom. The lowest BCUT2D eigenvalue weighted by Crippen LogP contribution is -2.16. The first-order chi connectivity index (χ1) is 8.72. The molecule has 0 saturated carbocycles. The average Bonchev–Trinajstić information content (AvgIpc) is 2.36. The fourth-order valence-corrected chi connectivity index (χ4v) is 1.48. The van der Waals surface area contributed by atoms with Crippen LogP contribution in [0.2, 0.25) is 0 Å². The van der Waals surface area contributed by atoms with E-state index in [-0.39, 0.29) is 12.1 Å². The van der Waals surface area contributed by atoms with Crippen LogP contribution >= 0.6 is 0 Å². The highest BCUT2D eigenvalue weighted by atomic mass is 16.5. The molecular formula is C15H20O3. The molecule has 0 aliphatic rings. The summed E-state index contributed by atoms with van der Waals surface area (Å²) in [6.45, 7) is 4.58. The summed E-state index contributed by atoms with van der Waals surface area (Å²) in [7, 11) is 0. The number of hydrogen-bond acceptors (Lipinski definition) is 3. The smallest absolute Gasteiger partial charge is 0.308 e. The Bertz CT molecular complexity index is 371. The second-order valence-electron chi connectivity index (χ2n) is 3.97. The van der Waals surface area contributed by atoms with Gasteiger partial charge in [0, 0.05) is 0 Å². The van der Waals surface area contributed by atoms with Crippen molar-refractivity contribution in [2.45, 2.75) is 26.4 Å². The molecule has 1 unspecified atom stereocenters. The van der Waals surface area contributed by atoms with Gasteiger partial charge in [-0.25, -0.2) is 0 Å². The average molecular weight is 248 g/mol. The Balaban J connectivity index is 2.21. The second kappa shape index (κ2) is 8.48. The Labute approximate surface area is 108 Å². The van der Waals surface area contributed by atoms with Crippen LogP contribution in [0.5, 0.6) is 0 Å².